The number of hydrogen-bond acceptors (Lipinski definition) is 1. The zero-order valence-electron chi connectivity index (χ0n) is 18.3. The predicted molar refractivity (Wildman–Crippen MR) is 132 cm³/mol. The summed E-state index contributed by atoms with van der Waals surface area (Å²) in [5, 5.41) is 4.47. The van der Waals surface area contributed by atoms with Gasteiger partial charge in [0.2, 0.25) is 0 Å². The Morgan fingerprint density at radius 2 is 1.27 bits per heavy atom. The molecule has 2 atom stereocenters. The standard InChI is InChI=1S/C28H30NP/c1-21-13-8-10-18-25(21)30(26-19-11-9-14-22(26)2)27-20-12-17-24(27)28(29(3)4)23-15-6-5-7-16-23/h5-20,24,28H,1-4H3/t24?,28-/m1/s1. The normalized spacial score (nSPS) is 16.9. The molecule has 0 fully saturated rings. The molecular formula is C28H30NP. The fraction of sp³-hybridized carbons (Fsp3) is 0.214. The summed E-state index contributed by atoms with van der Waals surface area (Å²) in [6.07, 6.45) is 7.05. The van der Waals surface area contributed by atoms with Gasteiger partial charge in [-0.2, -0.15) is 0 Å². The average Bonchev–Trinajstić information content (AvgIpc) is 3.20. The van der Waals surface area contributed by atoms with Crippen LogP contribution in [0.25, 0.3) is 0 Å². The van der Waals surface area contributed by atoms with Crippen molar-refractivity contribution >= 4 is 18.5 Å². The van der Waals surface area contributed by atoms with Gasteiger partial charge in [-0.25, -0.2) is 0 Å². The lowest BCUT2D eigenvalue weighted by Crippen LogP contribution is -2.29. The van der Waals surface area contributed by atoms with Crippen LogP contribution in [0.3, 0.4) is 0 Å². The highest BCUT2D eigenvalue weighted by molar-refractivity contribution is 7.77. The van der Waals surface area contributed by atoms with Gasteiger partial charge < -0.3 is 4.90 Å². The van der Waals surface area contributed by atoms with Gasteiger partial charge in [-0.1, -0.05) is 97.1 Å². The molecule has 1 aliphatic carbocycles. The first kappa shape index (κ1) is 20.8. The lowest BCUT2D eigenvalue weighted by Gasteiger charge is -2.35. The molecule has 0 saturated carbocycles. The van der Waals surface area contributed by atoms with Gasteiger partial charge in [-0.15, -0.1) is 0 Å². The molecule has 0 aromatic heterocycles. The fourth-order valence-electron chi connectivity index (χ4n) is 4.49. The van der Waals surface area contributed by atoms with Crippen molar-refractivity contribution in [2.45, 2.75) is 19.9 Å². The molecular weight excluding hydrogens is 381 g/mol. The number of benzene rings is 3. The van der Waals surface area contributed by atoms with Crippen molar-refractivity contribution in [2.24, 2.45) is 5.92 Å². The van der Waals surface area contributed by atoms with Crippen molar-refractivity contribution in [3.8, 4) is 0 Å². The van der Waals surface area contributed by atoms with Crippen LogP contribution in [0.1, 0.15) is 22.7 Å². The maximum atomic E-state index is 2.40. The van der Waals surface area contributed by atoms with Crippen LogP contribution < -0.4 is 10.6 Å². The maximum Gasteiger partial charge on any atom is 0.0445 e. The highest BCUT2D eigenvalue weighted by atomic mass is 31.1. The third-order valence-corrected chi connectivity index (χ3v) is 8.87. The summed E-state index contributed by atoms with van der Waals surface area (Å²) in [5.74, 6) is 0.354. The first-order valence-corrected chi connectivity index (χ1v) is 11.9. The summed E-state index contributed by atoms with van der Waals surface area (Å²) in [7, 11) is 3.79. The average molecular weight is 412 g/mol. The van der Waals surface area contributed by atoms with Crippen LogP contribution >= 0.6 is 7.92 Å². The third kappa shape index (κ3) is 4.06. The molecule has 1 nitrogen and oxygen atoms in total. The minimum Gasteiger partial charge on any atom is -0.301 e. The van der Waals surface area contributed by atoms with Crippen molar-refractivity contribution in [3.05, 3.63) is 119 Å². The molecule has 0 amide bonds. The number of hydrogen-bond donors (Lipinski definition) is 0. The van der Waals surface area contributed by atoms with E-state index in [-0.39, 0.29) is 0 Å². The summed E-state index contributed by atoms with van der Waals surface area (Å²) in [6, 6.07) is 29.1. The molecule has 1 aliphatic rings. The molecule has 3 aromatic carbocycles. The monoisotopic (exact) mass is 411 g/mol. The zero-order valence-corrected chi connectivity index (χ0v) is 19.2. The van der Waals surface area contributed by atoms with Gasteiger partial charge in [0, 0.05) is 12.0 Å². The van der Waals surface area contributed by atoms with E-state index >= 15 is 0 Å². The first-order valence-electron chi connectivity index (χ1n) is 10.6. The van der Waals surface area contributed by atoms with E-state index in [1.165, 1.54) is 32.6 Å². The van der Waals surface area contributed by atoms with Crippen LogP contribution in [0.4, 0.5) is 0 Å². The molecule has 0 heterocycles. The molecule has 152 valence electrons. The molecule has 3 aromatic rings. The molecule has 0 radical (unpaired) electrons. The molecule has 2 heteroatoms. The quantitative estimate of drug-likeness (QED) is 0.443. The summed E-state index contributed by atoms with van der Waals surface area (Å²) >= 11 is 0. The second kappa shape index (κ2) is 9.13. The van der Waals surface area contributed by atoms with Gasteiger partial charge in [0.05, 0.1) is 0 Å². The highest BCUT2D eigenvalue weighted by Gasteiger charge is 2.34. The number of nitrogens with zero attached hydrogens (tertiary/aromatic N) is 1. The zero-order chi connectivity index (χ0) is 21.1. The Bertz CT molecular complexity index is 1020. The van der Waals surface area contributed by atoms with Crippen molar-refractivity contribution in [1.29, 1.82) is 0 Å². The molecule has 1 unspecified atom stereocenters. The maximum absolute atomic E-state index is 2.40. The smallest absolute Gasteiger partial charge is 0.0445 e. The molecule has 0 bridgehead atoms. The van der Waals surface area contributed by atoms with Crippen LogP contribution in [0.15, 0.2) is 102 Å². The second-order valence-electron chi connectivity index (χ2n) is 8.23. The lowest BCUT2D eigenvalue weighted by molar-refractivity contribution is 0.265. The van der Waals surface area contributed by atoms with Gasteiger partial charge >= 0.3 is 0 Å². The molecule has 0 aliphatic heterocycles. The van der Waals surface area contributed by atoms with E-state index in [1.807, 2.05) is 0 Å². The van der Waals surface area contributed by atoms with Crippen LogP contribution in [-0.4, -0.2) is 19.0 Å². The second-order valence-corrected chi connectivity index (χ2v) is 10.4. The van der Waals surface area contributed by atoms with Gasteiger partial charge in [0.1, 0.15) is 0 Å². The Morgan fingerprint density at radius 3 is 1.80 bits per heavy atom. The third-order valence-electron chi connectivity index (χ3n) is 5.94. The topological polar surface area (TPSA) is 3.24 Å². The minimum atomic E-state index is -0.609. The van der Waals surface area contributed by atoms with Crippen molar-refractivity contribution in [2.75, 3.05) is 14.1 Å². The summed E-state index contributed by atoms with van der Waals surface area (Å²) in [5.41, 5.74) is 4.12. The first-order chi connectivity index (χ1) is 14.6. The van der Waals surface area contributed by atoms with E-state index in [0.717, 1.165) is 0 Å². The van der Waals surface area contributed by atoms with Crippen LogP contribution in [-0.2, 0) is 0 Å². The summed E-state index contributed by atoms with van der Waals surface area (Å²) in [6.45, 7) is 4.50. The molecule has 0 N–H and O–H groups in total. The lowest BCUT2D eigenvalue weighted by atomic mass is 9.93. The Balaban J connectivity index is 1.85. The van der Waals surface area contributed by atoms with E-state index < -0.39 is 7.92 Å². The number of allylic oxidation sites excluding steroid dienone is 2. The molecule has 0 spiro atoms. The largest absolute Gasteiger partial charge is 0.301 e. The van der Waals surface area contributed by atoms with Crippen molar-refractivity contribution < 1.29 is 0 Å². The van der Waals surface area contributed by atoms with Gasteiger partial charge in [0.15, 0.2) is 0 Å². The van der Waals surface area contributed by atoms with Gasteiger partial charge in [-0.05, 0) is 68.5 Å². The number of aryl methyl sites for hydroxylation is 2. The highest BCUT2D eigenvalue weighted by Crippen LogP contribution is 2.53. The fourth-order valence-corrected chi connectivity index (χ4v) is 7.39. The molecule has 30 heavy (non-hydrogen) atoms. The Labute approximate surface area is 182 Å². The SMILES string of the molecule is Cc1ccccc1P(C1=CC=CC1[C@@H](c1ccccc1)N(C)C)c1ccccc1C. The Kier molecular flexibility index (Phi) is 6.32. The van der Waals surface area contributed by atoms with Crippen LogP contribution in [0.2, 0.25) is 0 Å². The van der Waals surface area contributed by atoms with E-state index in [0.29, 0.717) is 12.0 Å². The van der Waals surface area contributed by atoms with E-state index in [1.54, 1.807) is 0 Å². The number of rotatable bonds is 6. The predicted octanol–water partition coefficient (Wildman–Crippen LogP) is 6.11. The Hall–Kier alpha value is -2.47. The Morgan fingerprint density at radius 1 is 0.733 bits per heavy atom. The molecule has 0 saturated heterocycles. The van der Waals surface area contributed by atoms with Crippen molar-refractivity contribution in [1.82, 2.24) is 4.90 Å². The minimum absolute atomic E-state index is 0.314. The summed E-state index contributed by atoms with van der Waals surface area (Å²) < 4.78 is 0. The summed E-state index contributed by atoms with van der Waals surface area (Å²) in [4.78, 5) is 2.37. The van der Waals surface area contributed by atoms with Crippen LogP contribution in [0.5, 0.6) is 0 Å². The van der Waals surface area contributed by atoms with Crippen molar-refractivity contribution in [3.63, 3.8) is 0 Å². The van der Waals surface area contributed by atoms with Gasteiger partial charge in [0.25, 0.3) is 0 Å². The van der Waals surface area contributed by atoms with E-state index in [4.69, 9.17) is 0 Å². The van der Waals surface area contributed by atoms with E-state index in [2.05, 4.69) is 130 Å². The van der Waals surface area contributed by atoms with Gasteiger partial charge in [-0.3, -0.25) is 0 Å². The van der Waals surface area contributed by atoms with Crippen LogP contribution in [0, 0.1) is 19.8 Å². The van der Waals surface area contributed by atoms with E-state index in [9.17, 15) is 0 Å². The molecule has 4 rings (SSSR count).